The van der Waals surface area contributed by atoms with Crippen molar-refractivity contribution in [2.45, 2.75) is 51.2 Å². The van der Waals surface area contributed by atoms with Gasteiger partial charge in [0.25, 0.3) is 0 Å². The molecule has 0 spiro atoms. The van der Waals surface area contributed by atoms with E-state index in [0.717, 1.165) is 31.2 Å². The van der Waals surface area contributed by atoms with Crippen LogP contribution in [0.15, 0.2) is 16.8 Å². The second-order valence-corrected chi connectivity index (χ2v) is 6.75. The first-order valence-corrected chi connectivity index (χ1v) is 8.77. The Kier molecular flexibility index (Phi) is 6.39. The molecule has 1 fully saturated rings. The van der Waals surface area contributed by atoms with Crippen molar-refractivity contribution < 1.29 is 14.7 Å². The summed E-state index contributed by atoms with van der Waals surface area (Å²) in [7, 11) is 0. The van der Waals surface area contributed by atoms with Gasteiger partial charge in [-0.3, -0.25) is 9.59 Å². The van der Waals surface area contributed by atoms with Crippen LogP contribution in [-0.2, 0) is 9.59 Å². The molecule has 1 heterocycles. The average molecular weight is 324 g/mol. The van der Waals surface area contributed by atoms with Crippen molar-refractivity contribution in [3.63, 3.8) is 0 Å². The number of amides is 2. The third-order valence-corrected chi connectivity index (χ3v) is 4.73. The number of carbonyl (C=O) groups is 2. The highest BCUT2D eigenvalue weighted by Gasteiger charge is 2.24. The van der Waals surface area contributed by atoms with Gasteiger partial charge in [0, 0.05) is 24.9 Å². The van der Waals surface area contributed by atoms with Crippen LogP contribution >= 0.6 is 11.3 Å². The van der Waals surface area contributed by atoms with Gasteiger partial charge in [-0.2, -0.15) is 11.3 Å². The SMILES string of the molecule is CC(CC(=O)NCC(O)c1ccsc1)NC(=O)C1CCCC1. The normalized spacial score (nSPS) is 17.9. The molecule has 22 heavy (non-hydrogen) atoms. The van der Waals surface area contributed by atoms with Crippen LogP contribution < -0.4 is 10.6 Å². The summed E-state index contributed by atoms with van der Waals surface area (Å²) in [5, 5.41) is 19.3. The fourth-order valence-electron chi connectivity index (χ4n) is 2.74. The van der Waals surface area contributed by atoms with Gasteiger partial charge in [-0.1, -0.05) is 12.8 Å². The van der Waals surface area contributed by atoms with Gasteiger partial charge in [-0.25, -0.2) is 0 Å². The second kappa shape index (κ2) is 8.29. The molecule has 1 aromatic rings. The minimum Gasteiger partial charge on any atom is -0.387 e. The van der Waals surface area contributed by atoms with Crippen molar-refractivity contribution in [2.75, 3.05) is 6.54 Å². The molecule has 1 aliphatic rings. The van der Waals surface area contributed by atoms with Gasteiger partial charge >= 0.3 is 0 Å². The van der Waals surface area contributed by atoms with E-state index in [2.05, 4.69) is 10.6 Å². The summed E-state index contributed by atoms with van der Waals surface area (Å²) in [6.45, 7) is 2.03. The predicted octanol–water partition coefficient (Wildman–Crippen LogP) is 1.98. The Morgan fingerprint density at radius 2 is 2.14 bits per heavy atom. The van der Waals surface area contributed by atoms with Crippen molar-refractivity contribution in [1.82, 2.24) is 10.6 Å². The van der Waals surface area contributed by atoms with Gasteiger partial charge in [0.15, 0.2) is 0 Å². The molecule has 3 N–H and O–H groups in total. The van der Waals surface area contributed by atoms with E-state index in [1.165, 1.54) is 11.3 Å². The molecule has 2 amide bonds. The molecule has 1 aliphatic carbocycles. The third kappa shape index (κ3) is 5.10. The van der Waals surface area contributed by atoms with Crippen molar-refractivity contribution in [1.29, 1.82) is 0 Å². The number of hydrogen-bond acceptors (Lipinski definition) is 4. The van der Waals surface area contributed by atoms with E-state index in [0.29, 0.717) is 0 Å². The lowest BCUT2D eigenvalue weighted by Crippen LogP contribution is -2.40. The van der Waals surface area contributed by atoms with E-state index in [9.17, 15) is 14.7 Å². The summed E-state index contributed by atoms with van der Waals surface area (Å²) in [6.07, 6.45) is 3.70. The Balaban J connectivity index is 1.66. The van der Waals surface area contributed by atoms with Crippen LogP contribution in [0.4, 0.5) is 0 Å². The Hall–Kier alpha value is -1.40. The molecule has 122 valence electrons. The van der Waals surface area contributed by atoms with E-state index in [1.807, 2.05) is 23.8 Å². The van der Waals surface area contributed by atoms with Crippen LogP contribution in [0.1, 0.15) is 50.7 Å². The number of thiophene rings is 1. The van der Waals surface area contributed by atoms with Crippen molar-refractivity contribution >= 4 is 23.2 Å². The zero-order valence-electron chi connectivity index (χ0n) is 12.9. The first kappa shape index (κ1) is 17.0. The maximum absolute atomic E-state index is 12.0. The highest BCUT2D eigenvalue weighted by Crippen LogP contribution is 2.24. The molecular weight excluding hydrogens is 300 g/mol. The fourth-order valence-corrected chi connectivity index (χ4v) is 3.45. The predicted molar refractivity (Wildman–Crippen MR) is 86.5 cm³/mol. The first-order chi connectivity index (χ1) is 10.6. The second-order valence-electron chi connectivity index (χ2n) is 5.97. The van der Waals surface area contributed by atoms with Gasteiger partial charge in [-0.15, -0.1) is 0 Å². The summed E-state index contributed by atoms with van der Waals surface area (Å²) in [5.41, 5.74) is 0.813. The number of carbonyl (C=O) groups excluding carboxylic acids is 2. The molecule has 5 nitrogen and oxygen atoms in total. The number of rotatable bonds is 7. The lowest BCUT2D eigenvalue weighted by molar-refractivity contribution is -0.126. The molecule has 6 heteroatoms. The molecule has 0 bridgehead atoms. The van der Waals surface area contributed by atoms with Crippen LogP contribution in [0.3, 0.4) is 0 Å². The minimum absolute atomic E-state index is 0.0658. The molecular formula is C16H24N2O3S. The maximum Gasteiger partial charge on any atom is 0.223 e. The molecule has 0 radical (unpaired) electrons. The summed E-state index contributed by atoms with van der Waals surface area (Å²) in [5.74, 6) is 0.0236. The molecule has 2 unspecified atom stereocenters. The molecule has 0 aromatic carbocycles. The summed E-state index contributed by atoms with van der Waals surface area (Å²) in [4.78, 5) is 23.8. The molecule has 1 saturated carbocycles. The monoisotopic (exact) mass is 324 g/mol. The van der Waals surface area contributed by atoms with Crippen molar-refractivity contribution in [3.8, 4) is 0 Å². The molecule has 2 atom stereocenters. The summed E-state index contributed by atoms with van der Waals surface area (Å²) >= 11 is 1.51. The zero-order valence-corrected chi connectivity index (χ0v) is 13.7. The largest absolute Gasteiger partial charge is 0.387 e. The third-order valence-electron chi connectivity index (χ3n) is 4.03. The number of aliphatic hydroxyl groups excluding tert-OH is 1. The van der Waals surface area contributed by atoms with Crippen LogP contribution in [0, 0.1) is 5.92 Å². The standard InChI is InChI=1S/C16H24N2O3S/c1-11(18-16(21)12-4-2-3-5-12)8-15(20)17-9-14(19)13-6-7-22-10-13/h6-7,10-12,14,19H,2-5,8-9H2,1H3,(H,17,20)(H,18,21). The quantitative estimate of drug-likeness (QED) is 0.717. The van der Waals surface area contributed by atoms with Crippen molar-refractivity contribution in [3.05, 3.63) is 22.4 Å². The van der Waals surface area contributed by atoms with Gasteiger partial charge in [-0.05, 0) is 42.2 Å². The van der Waals surface area contributed by atoms with Crippen LogP contribution in [0.2, 0.25) is 0 Å². The highest BCUT2D eigenvalue weighted by atomic mass is 32.1. The molecule has 0 saturated heterocycles. The Bertz CT molecular complexity index is 484. The van der Waals surface area contributed by atoms with E-state index in [1.54, 1.807) is 0 Å². The van der Waals surface area contributed by atoms with Crippen LogP contribution in [0.5, 0.6) is 0 Å². The van der Waals surface area contributed by atoms with E-state index >= 15 is 0 Å². The number of nitrogens with one attached hydrogen (secondary N) is 2. The van der Waals surface area contributed by atoms with E-state index in [4.69, 9.17) is 0 Å². The first-order valence-electron chi connectivity index (χ1n) is 7.83. The van der Waals surface area contributed by atoms with E-state index in [-0.39, 0.29) is 36.7 Å². The smallest absolute Gasteiger partial charge is 0.223 e. The van der Waals surface area contributed by atoms with Crippen LogP contribution in [-0.4, -0.2) is 29.5 Å². The van der Waals surface area contributed by atoms with E-state index < -0.39 is 6.10 Å². The van der Waals surface area contributed by atoms with Gasteiger partial charge in [0.05, 0.1) is 6.10 Å². The maximum atomic E-state index is 12.0. The zero-order chi connectivity index (χ0) is 15.9. The lowest BCUT2D eigenvalue weighted by Gasteiger charge is -2.17. The molecule has 0 aliphatic heterocycles. The summed E-state index contributed by atoms with van der Waals surface area (Å²) in [6, 6.07) is 1.65. The minimum atomic E-state index is -0.682. The Morgan fingerprint density at radius 1 is 1.41 bits per heavy atom. The summed E-state index contributed by atoms with van der Waals surface area (Å²) < 4.78 is 0. The Morgan fingerprint density at radius 3 is 2.77 bits per heavy atom. The molecule has 2 rings (SSSR count). The van der Waals surface area contributed by atoms with Crippen molar-refractivity contribution in [2.24, 2.45) is 5.92 Å². The van der Waals surface area contributed by atoms with Gasteiger partial charge < -0.3 is 15.7 Å². The number of hydrogen-bond donors (Lipinski definition) is 3. The van der Waals surface area contributed by atoms with Gasteiger partial charge in [0.2, 0.25) is 11.8 Å². The highest BCUT2D eigenvalue weighted by molar-refractivity contribution is 7.07. The average Bonchev–Trinajstić information content (AvgIpc) is 3.16. The van der Waals surface area contributed by atoms with Gasteiger partial charge in [0.1, 0.15) is 0 Å². The fraction of sp³-hybridized carbons (Fsp3) is 0.625. The lowest BCUT2D eigenvalue weighted by atomic mass is 10.1. The number of aliphatic hydroxyl groups is 1. The molecule has 1 aromatic heterocycles. The Labute approximate surface area is 135 Å². The topological polar surface area (TPSA) is 78.4 Å². The van der Waals surface area contributed by atoms with Crippen LogP contribution in [0.25, 0.3) is 0 Å².